The lowest BCUT2D eigenvalue weighted by Crippen LogP contribution is -2.36. The number of aromatic nitrogens is 2. The predicted molar refractivity (Wildman–Crippen MR) is 153 cm³/mol. The molecular weight excluding hydrogens is 515 g/mol. The molecule has 1 fully saturated rings. The number of rotatable bonds is 7. The molecule has 5 aromatic rings. The highest BCUT2D eigenvalue weighted by Crippen LogP contribution is 2.33. The lowest BCUT2D eigenvalue weighted by Gasteiger charge is -2.28. The van der Waals surface area contributed by atoms with Crippen LogP contribution in [0.25, 0.3) is 22.0 Å². The van der Waals surface area contributed by atoms with Gasteiger partial charge in [0, 0.05) is 29.9 Å². The Bertz CT molecular complexity index is 1610. The fraction of sp³-hybridized carbons (Fsp3) is 0.161. The summed E-state index contributed by atoms with van der Waals surface area (Å²) in [7, 11) is 0. The molecule has 0 amide bonds. The molecule has 6 nitrogen and oxygen atoms in total. The molecule has 0 saturated carbocycles. The molecule has 8 heteroatoms. The van der Waals surface area contributed by atoms with Crippen LogP contribution in [0.3, 0.4) is 0 Å². The van der Waals surface area contributed by atoms with E-state index in [1.165, 1.54) is 17.8 Å². The van der Waals surface area contributed by atoms with Crippen LogP contribution in [0, 0.1) is 5.82 Å². The van der Waals surface area contributed by atoms with Gasteiger partial charge in [0.2, 0.25) is 0 Å². The largest absolute Gasteiger partial charge is 0.487 e. The topological polar surface area (TPSA) is 59.5 Å². The molecule has 39 heavy (non-hydrogen) atoms. The highest BCUT2D eigenvalue weighted by atomic mass is 35.5. The second-order valence-electron chi connectivity index (χ2n) is 9.29. The smallest absolute Gasteiger partial charge is 0.141 e. The quantitative estimate of drug-likeness (QED) is 0.235. The Kier molecular flexibility index (Phi) is 7.25. The van der Waals surface area contributed by atoms with Crippen LogP contribution in [0.2, 0.25) is 5.02 Å². The zero-order chi connectivity index (χ0) is 26.6. The van der Waals surface area contributed by atoms with Crippen molar-refractivity contribution in [2.24, 2.45) is 0 Å². The number of nitrogens with one attached hydrogen (secondary N) is 1. The second kappa shape index (κ2) is 11.3. The van der Waals surface area contributed by atoms with Crippen LogP contribution in [-0.2, 0) is 11.3 Å². The van der Waals surface area contributed by atoms with Gasteiger partial charge >= 0.3 is 0 Å². The van der Waals surface area contributed by atoms with E-state index in [2.05, 4.69) is 56.6 Å². The number of hydrogen-bond donors (Lipinski definition) is 1. The van der Waals surface area contributed by atoms with E-state index in [0.717, 1.165) is 59.6 Å². The summed E-state index contributed by atoms with van der Waals surface area (Å²) in [5.74, 6) is 0.894. The molecule has 6 rings (SSSR count). The SMILES string of the molecule is Fc1cccc(COc2ccc(Nc3ncnc4ccc(-c5ccc(N6CCOCC6)cc5)cc34)cc2Cl)c1. The van der Waals surface area contributed by atoms with Crippen LogP contribution in [0.4, 0.5) is 21.6 Å². The van der Waals surface area contributed by atoms with Gasteiger partial charge in [-0.2, -0.15) is 0 Å². The Labute approximate surface area is 231 Å². The molecule has 196 valence electrons. The zero-order valence-electron chi connectivity index (χ0n) is 21.1. The van der Waals surface area contributed by atoms with Crippen LogP contribution >= 0.6 is 11.6 Å². The first-order valence-electron chi connectivity index (χ1n) is 12.7. The first-order valence-corrected chi connectivity index (χ1v) is 13.1. The van der Waals surface area contributed by atoms with Gasteiger partial charge in [0.05, 0.1) is 23.8 Å². The van der Waals surface area contributed by atoms with Crippen molar-refractivity contribution in [3.05, 3.63) is 108 Å². The monoisotopic (exact) mass is 540 g/mol. The summed E-state index contributed by atoms with van der Waals surface area (Å²) in [5.41, 5.74) is 5.72. The van der Waals surface area contributed by atoms with E-state index in [4.69, 9.17) is 21.1 Å². The van der Waals surface area contributed by atoms with Crippen molar-refractivity contribution in [3.8, 4) is 16.9 Å². The molecule has 0 radical (unpaired) electrons. The molecule has 1 saturated heterocycles. The van der Waals surface area contributed by atoms with Gasteiger partial charge in [0.15, 0.2) is 0 Å². The van der Waals surface area contributed by atoms with Crippen molar-refractivity contribution in [3.63, 3.8) is 0 Å². The van der Waals surface area contributed by atoms with Crippen LogP contribution in [0.5, 0.6) is 5.75 Å². The van der Waals surface area contributed by atoms with Gasteiger partial charge in [-0.25, -0.2) is 14.4 Å². The number of morpholine rings is 1. The Hall–Kier alpha value is -4.20. The normalized spacial score (nSPS) is 13.4. The van der Waals surface area contributed by atoms with Gasteiger partial charge in [0.1, 0.15) is 30.3 Å². The van der Waals surface area contributed by atoms with Crippen molar-refractivity contribution >= 4 is 39.7 Å². The lowest BCUT2D eigenvalue weighted by molar-refractivity contribution is 0.122. The van der Waals surface area contributed by atoms with E-state index in [0.29, 0.717) is 16.6 Å². The third-order valence-electron chi connectivity index (χ3n) is 6.69. The van der Waals surface area contributed by atoms with E-state index >= 15 is 0 Å². The second-order valence-corrected chi connectivity index (χ2v) is 9.70. The fourth-order valence-corrected chi connectivity index (χ4v) is 4.88. The van der Waals surface area contributed by atoms with E-state index in [1.54, 1.807) is 30.6 Å². The van der Waals surface area contributed by atoms with Gasteiger partial charge in [-0.3, -0.25) is 0 Å². The maximum absolute atomic E-state index is 13.4. The molecular formula is C31H26ClFN4O2. The Morgan fingerprint density at radius 2 is 1.72 bits per heavy atom. The summed E-state index contributed by atoms with van der Waals surface area (Å²) >= 11 is 6.50. The van der Waals surface area contributed by atoms with E-state index in [-0.39, 0.29) is 12.4 Å². The molecule has 0 bridgehead atoms. The molecule has 1 N–H and O–H groups in total. The Balaban J connectivity index is 1.20. The van der Waals surface area contributed by atoms with E-state index in [9.17, 15) is 4.39 Å². The van der Waals surface area contributed by atoms with Crippen molar-refractivity contribution in [1.29, 1.82) is 0 Å². The first kappa shape index (κ1) is 25.1. The summed E-state index contributed by atoms with van der Waals surface area (Å²) in [6.45, 7) is 3.56. The third-order valence-corrected chi connectivity index (χ3v) is 6.99. The summed E-state index contributed by atoms with van der Waals surface area (Å²) in [6, 6.07) is 26.5. The number of benzene rings is 4. The molecule has 2 heterocycles. The number of anilines is 3. The average Bonchev–Trinajstić information content (AvgIpc) is 2.97. The van der Waals surface area contributed by atoms with Gasteiger partial charge in [-0.05, 0) is 71.3 Å². The van der Waals surface area contributed by atoms with Crippen LogP contribution in [0.15, 0.2) is 91.3 Å². The molecule has 0 atom stereocenters. The first-order chi connectivity index (χ1) is 19.1. The van der Waals surface area contributed by atoms with Crippen molar-refractivity contribution in [1.82, 2.24) is 9.97 Å². The summed E-state index contributed by atoms with van der Waals surface area (Å²) < 4.78 is 24.7. The molecule has 0 unspecified atom stereocenters. The maximum atomic E-state index is 13.4. The van der Waals surface area contributed by atoms with Gasteiger partial charge in [-0.1, -0.05) is 41.9 Å². The molecule has 1 aliphatic rings. The molecule has 0 aliphatic carbocycles. The summed E-state index contributed by atoms with van der Waals surface area (Å²) in [4.78, 5) is 11.3. The predicted octanol–water partition coefficient (Wildman–Crippen LogP) is 7.25. The number of fused-ring (bicyclic) bond motifs is 1. The van der Waals surface area contributed by atoms with Gasteiger partial charge < -0.3 is 19.7 Å². The third kappa shape index (κ3) is 5.79. The van der Waals surface area contributed by atoms with Gasteiger partial charge in [0.25, 0.3) is 0 Å². The van der Waals surface area contributed by atoms with E-state index < -0.39 is 0 Å². The number of hydrogen-bond acceptors (Lipinski definition) is 6. The van der Waals surface area contributed by atoms with Crippen molar-refractivity contribution in [2.75, 3.05) is 36.5 Å². The summed E-state index contributed by atoms with van der Waals surface area (Å²) in [6.07, 6.45) is 1.54. The highest BCUT2D eigenvalue weighted by molar-refractivity contribution is 6.32. The minimum Gasteiger partial charge on any atom is -0.487 e. The number of halogens is 2. The van der Waals surface area contributed by atoms with Crippen molar-refractivity contribution < 1.29 is 13.9 Å². The molecule has 1 aromatic heterocycles. The summed E-state index contributed by atoms with van der Waals surface area (Å²) in [5, 5.41) is 4.71. The van der Waals surface area contributed by atoms with Crippen LogP contribution in [0.1, 0.15) is 5.56 Å². The zero-order valence-corrected chi connectivity index (χ0v) is 21.9. The average molecular weight is 541 g/mol. The minimum atomic E-state index is -0.299. The molecule has 4 aromatic carbocycles. The molecule has 1 aliphatic heterocycles. The van der Waals surface area contributed by atoms with E-state index in [1.807, 2.05) is 12.1 Å². The lowest BCUT2D eigenvalue weighted by atomic mass is 10.0. The minimum absolute atomic E-state index is 0.219. The maximum Gasteiger partial charge on any atom is 0.141 e. The number of nitrogens with zero attached hydrogens (tertiary/aromatic N) is 3. The van der Waals surface area contributed by atoms with Crippen LogP contribution in [-0.4, -0.2) is 36.3 Å². The van der Waals surface area contributed by atoms with Gasteiger partial charge in [-0.15, -0.1) is 0 Å². The molecule has 0 spiro atoms. The highest BCUT2D eigenvalue weighted by Gasteiger charge is 2.12. The van der Waals surface area contributed by atoms with Crippen LogP contribution < -0.4 is 15.0 Å². The Morgan fingerprint density at radius 1 is 0.897 bits per heavy atom. The van der Waals surface area contributed by atoms with Crippen molar-refractivity contribution in [2.45, 2.75) is 6.61 Å². The Morgan fingerprint density at radius 3 is 2.51 bits per heavy atom. The number of ether oxygens (including phenoxy) is 2. The fourth-order valence-electron chi connectivity index (χ4n) is 4.64. The standard InChI is InChI=1S/C31H26ClFN4O2/c32-28-18-25(7-11-30(28)39-19-21-2-1-3-24(33)16-21)36-31-27-17-23(6-10-29(27)34-20-35-31)22-4-8-26(9-5-22)37-12-14-38-15-13-37/h1-11,16-18,20H,12-15,19H2,(H,34,35,36).